The van der Waals surface area contributed by atoms with E-state index in [4.69, 9.17) is 0 Å². The standard InChI is InChI=1S/C13H24N4/c1-10-8-14-13(16-10)15-9-11-4-6-17(7-5-11)12-2-3-12/h10-12H,2-9H2,1H3,(H2,14,15,16). The Morgan fingerprint density at radius 1 is 1.29 bits per heavy atom. The first-order valence-corrected chi connectivity index (χ1v) is 7.10. The van der Waals surface area contributed by atoms with E-state index in [2.05, 4.69) is 27.4 Å². The molecule has 0 aromatic carbocycles. The summed E-state index contributed by atoms with van der Waals surface area (Å²) < 4.78 is 0. The van der Waals surface area contributed by atoms with Gasteiger partial charge in [0.2, 0.25) is 0 Å². The molecule has 1 aliphatic carbocycles. The van der Waals surface area contributed by atoms with Crippen LogP contribution >= 0.6 is 0 Å². The summed E-state index contributed by atoms with van der Waals surface area (Å²) >= 11 is 0. The molecule has 2 N–H and O–H groups in total. The van der Waals surface area contributed by atoms with Gasteiger partial charge in [-0.3, -0.25) is 4.99 Å². The molecular weight excluding hydrogens is 212 g/mol. The van der Waals surface area contributed by atoms with Crippen molar-refractivity contribution in [3.63, 3.8) is 0 Å². The molecule has 4 heteroatoms. The summed E-state index contributed by atoms with van der Waals surface area (Å²) in [4.78, 5) is 7.12. The number of nitrogens with one attached hydrogen (secondary N) is 2. The molecule has 1 atom stereocenters. The fourth-order valence-corrected chi connectivity index (χ4v) is 2.86. The Kier molecular flexibility index (Phi) is 3.23. The van der Waals surface area contributed by atoms with Crippen molar-refractivity contribution in [2.24, 2.45) is 10.9 Å². The molecule has 2 aliphatic heterocycles. The molecule has 1 saturated heterocycles. The molecule has 3 rings (SSSR count). The van der Waals surface area contributed by atoms with Crippen LogP contribution in [0.15, 0.2) is 4.99 Å². The number of piperidine rings is 1. The average Bonchev–Trinajstić information content (AvgIpc) is 3.11. The van der Waals surface area contributed by atoms with Crippen LogP contribution in [0.4, 0.5) is 0 Å². The topological polar surface area (TPSA) is 39.7 Å². The molecule has 0 spiro atoms. The highest BCUT2D eigenvalue weighted by Crippen LogP contribution is 2.30. The van der Waals surface area contributed by atoms with Gasteiger partial charge in [-0.15, -0.1) is 0 Å². The molecule has 0 amide bonds. The highest BCUT2D eigenvalue weighted by molar-refractivity contribution is 5.81. The van der Waals surface area contributed by atoms with Crippen LogP contribution in [0.3, 0.4) is 0 Å². The van der Waals surface area contributed by atoms with Gasteiger partial charge in [0.1, 0.15) is 0 Å². The van der Waals surface area contributed by atoms with E-state index in [0.717, 1.165) is 31.0 Å². The van der Waals surface area contributed by atoms with Gasteiger partial charge in [-0.05, 0) is 51.6 Å². The van der Waals surface area contributed by atoms with Crippen molar-refractivity contribution in [2.45, 2.75) is 44.7 Å². The summed E-state index contributed by atoms with van der Waals surface area (Å²) in [6.07, 6.45) is 5.60. The van der Waals surface area contributed by atoms with E-state index in [1.54, 1.807) is 0 Å². The lowest BCUT2D eigenvalue weighted by molar-refractivity contribution is 0.177. The number of hydrogen-bond donors (Lipinski definition) is 2. The van der Waals surface area contributed by atoms with Crippen LogP contribution in [-0.4, -0.2) is 49.1 Å². The van der Waals surface area contributed by atoms with E-state index >= 15 is 0 Å². The number of guanidine groups is 1. The number of hydrogen-bond acceptors (Lipinski definition) is 4. The molecule has 0 bridgehead atoms. The van der Waals surface area contributed by atoms with Crippen LogP contribution < -0.4 is 10.6 Å². The normalized spacial score (nSPS) is 31.1. The Labute approximate surface area is 104 Å². The van der Waals surface area contributed by atoms with E-state index in [0.29, 0.717) is 6.04 Å². The second-order valence-electron chi connectivity index (χ2n) is 5.83. The Morgan fingerprint density at radius 2 is 2.06 bits per heavy atom. The van der Waals surface area contributed by atoms with Crippen LogP contribution in [0.25, 0.3) is 0 Å². The van der Waals surface area contributed by atoms with Gasteiger partial charge in [-0.25, -0.2) is 0 Å². The minimum atomic E-state index is 0.509. The lowest BCUT2D eigenvalue weighted by Gasteiger charge is -2.32. The maximum absolute atomic E-state index is 4.44. The Bertz CT molecular complexity index is 290. The minimum absolute atomic E-state index is 0.509. The third-order valence-electron chi connectivity index (χ3n) is 4.18. The van der Waals surface area contributed by atoms with Crippen LogP contribution in [0, 0.1) is 5.92 Å². The van der Waals surface area contributed by atoms with Crippen LogP contribution in [0.5, 0.6) is 0 Å². The summed E-state index contributed by atoms with van der Waals surface area (Å²) in [5, 5.41) is 6.82. The van der Waals surface area contributed by atoms with Gasteiger partial charge in [-0.1, -0.05) is 0 Å². The monoisotopic (exact) mass is 236 g/mol. The molecule has 0 aromatic heterocycles. The summed E-state index contributed by atoms with van der Waals surface area (Å²) in [6, 6.07) is 1.46. The van der Waals surface area contributed by atoms with Gasteiger partial charge in [0, 0.05) is 18.6 Å². The van der Waals surface area contributed by atoms with Crippen molar-refractivity contribution in [2.75, 3.05) is 26.2 Å². The highest BCUT2D eigenvalue weighted by Gasteiger charge is 2.31. The van der Waals surface area contributed by atoms with Gasteiger partial charge in [0.05, 0.1) is 6.54 Å². The van der Waals surface area contributed by atoms with E-state index in [9.17, 15) is 0 Å². The smallest absolute Gasteiger partial charge is 0.191 e. The zero-order valence-electron chi connectivity index (χ0n) is 10.8. The van der Waals surface area contributed by atoms with Gasteiger partial charge < -0.3 is 15.5 Å². The SMILES string of the molecule is CC1CN=C(NCC2CCN(C3CC3)CC2)N1. The molecule has 2 heterocycles. The Morgan fingerprint density at radius 3 is 2.65 bits per heavy atom. The number of rotatable bonds is 3. The van der Waals surface area contributed by atoms with Crippen molar-refractivity contribution in [3.8, 4) is 0 Å². The van der Waals surface area contributed by atoms with Gasteiger partial charge in [0.15, 0.2) is 5.96 Å². The first-order chi connectivity index (χ1) is 8.31. The van der Waals surface area contributed by atoms with Gasteiger partial charge in [-0.2, -0.15) is 0 Å². The van der Waals surface area contributed by atoms with E-state index in [1.165, 1.54) is 38.8 Å². The lowest BCUT2D eigenvalue weighted by atomic mass is 9.97. The molecule has 96 valence electrons. The highest BCUT2D eigenvalue weighted by atomic mass is 15.2. The zero-order valence-corrected chi connectivity index (χ0v) is 10.8. The third-order valence-corrected chi connectivity index (χ3v) is 4.18. The molecule has 17 heavy (non-hydrogen) atoms. The van der Waals surface area contributed by atoms with Crippen molar-refractivity contribution in [1.82, 2.24) is 15.5 Å². The van der Waals surface area contributed by atoms with Crippen molar-refractivity contribution >= 4 is 5.96 Å². The van der Waals surface area contributed by atoms with Crippen LogP contribution in [0.1, 0.15) is 32.6 Å². The predicted octanol–water partition coefficient (Wildman–Crippen LogP) is 0.798. The number of likely N-dealkylation sites (tertiary alicyclic amines) is 1. The minimum Gasteiger partial charge on any atom is -0.356 e. The summed E-state index contributed by atoms with van der Waals surface area (Å²) in [6.45, 7) is 6.81. The predicted molar refractivity (Wildman–Crippen MR) is 70.2 cm³/mol. The molecule has 1 unspecified atom stereocenters. The first kappa shape index (κ1) is 11.3. The molecule has 3 aliphatic rings. The second-order valence-corrected chi connectivity index (χ2v) is 5.83. The van der Waals surface area contributed by atoms with E-state index < -0.39 is 0 Å². The van der Waals surface area contributed by atoms with Crippen LogP contribution in [0.2, 0.25) is 0 Å². The third kappa shape index (κ3) is 2.92. The Balaban J connectivity index is 1.36. The fourth-order valence-electron chi connectivity index (χ4n) is 2.86. The summed E-state index contributed by atoms with van der Waals surface area (Å²) in [5.41, 5.74) is 0. The average molecular weight is 236 g/mol. The number of aliphatic imine (C=N–C) groups is 1. The van der Waals surface area contributed by atoms with Gasteiger partial charge in [0.25, 0.3) is 0 Å². The summed E-state index contributed by atoms with van der Waals surface area (Å²) in [5.74, 6) is 1.85. The van der Waals surface area contributed by atoms with Crippen LogP contribution in [-0.2, 0) is 0 Å². The maximum atomic E-state index is 4.44. The van der Waals surface area contributed by atoms with E-state index in [1.807, 2.05) is 0 Å². The fraction of sp³-hybridized carbons (Fsp3) is 0.923. The second kappa shape index (κ2) is 4.84. The molecule has 1 saturated carbocycles. The molecule has 4 nitrogen and oxygen atoms in total. The summed E-state index contributed by atoms with van der Waals surface area (Å²) in [7, 11) is 0. The quantitative estimate of drug-likeness (QED) is 0.761. The molecular formula is C13H24N4. The molecule has 0 radical (unpaired) electrons. The maximum Gasteiger partial charge on any atom is 0.191 e. The molecule has 2 fully saturated rings. The van der Waals surface area contributed by atoms with Crippen molar-refractivity contribution in [1.29, 1.82) is 0 Å². The van der Waals surface area contributed by atoms with Crippen molar-refractivity contribution < 1.29 is 0 Å². The Hall–Kier alpha value is -0.770. The largest absolute Gasteiger partial charge is 0.356 e. The molecule has 0 aromatic rings. The van der Waals surface area contributed by atoms with Gasteiger partial charge >= 0.3 is 0 Å². The first-order valence-electron chi connectivity index (χ1n) is 7.10. The van der Waals surface area contributed by atoms with Crippen molar-refractivity contribution in [3.05, 3.63) is 0 Å². The lowest BCUT2D eigenvalue weighted by Crippen LogP contribution is -2.43. The number of nitrogens with zero attached hydrogens (tertiary/aromatic N) is 2. The van der Waals surface area contributed by atoms with E-state index in [-0.39, 0.29) is 0 Å². The zero-order chi connectivity index (χ0) is 11.7.